The molecule has 0 saturated carbocycles. The summed E-state index contributed by atoms with van der Waals surface area (Å²) in [6, 6.07) is 3.59. The van der Waals surface area contributed by atoms with Gasteiger partial charge in [0.25, 0.3) is 0 Å². The first-order valence-corrected chi connectivity index (χ1v) is 8.00. The zero-order chi connectivity index (χ0) is 16.6. The van der Waals surface area contributed by atoms with Gasteiger partial charge in [-0.1, -0.05) is 6.92 Å². The van der Waals surface area contributed by atoms with Crippen LogP contribution in [0.3, 0.4) is 0 Å². The molecule has 0 radical (unpaired) electrons. The van der Waals surface area contributed by atoms with Crippen LogP contribution in [0.2, 0.25) is 0 Å². The molecule has 3 rings (SSSR count). The van der Waals surface area contributed by atoms with Crippen LogP contribution in [0.25, 0.3) is 11.0 Å². The van der Waals surface area contributed by atoms with E-state index < -0.39 is 12.1 Å². The van der Waals surface area contributed by atoms with Crippen molar-refractivity contribution in [2.24, 2.45) is 0 Å². The Morgan fingerprint density at radius 3 is 2.65 bits per heavy atom. The number of carboxylic acid groups (broad SMARTS) is 1. The minimum Gasteiger partial charge on any atom is -0.546 e. The van der Waals surface area contributed by atoms with E-state index in [4.69, 9.17) is 9.15 Å². The third-order valence-corrected chi connectivity index (χ3v) is 4.42. The summed E-state index contributed by atoms with van der Waals surface area (Å²) in [6.45, 7) is 3.39. The molecule has 0 aliphatic heterocycles. The quantitative estimate of drug-likeness (QED) is 0.803. The van der Waals surface area contributed by atoms with Gasteiger partial charge in [0, 0.05) is 17.0 Å². The lowest BCUT2D eigenvalue weighted by atomic mass is 9.90. The minimum absolute atomic E-state index is 0.296. The van der Waals surface area contributed by atoms with Crippen LogP contribution in [0.1, 0.15) is 43.4 Å². The number of carboxylic acids is 1. The topological polar surface area (TPSA) is 79.6 Å². The van der Waals surface area contributed by atoms with Gasteiger partial charge in [-0.2, -0.15) is 0 Å². The van der Waals surface area contributed by atoms with E-state index in [-0.39, 0.29) is 5.63 Å². The van der Waals surface area contributed by atoms with Crippen LogP contribution in [0.4, 0.5) is 0 Å². The van der Waals surface area contributed by atoms with E-state index in [9.17, 15) is 14.7 Å². The molecule has 1 aliphatic rings. The predicted octanol–water partition coefficient (Wildman–Crippen LogP) is 1.75. The lowest BCUT2D eigenvalue weighted by Crippen LogP contribution is -2.37. The maximum atomic E-state index is 12.2. The molecule has 0 amide bonds. The summed E-state index contributed by atoms with van der Waals surface area (Å²) < 4.78 is 10.9. The summed E-state index contributed by atoms with van der Waals surface area (Å²) in [5.74, 6) is -0.852. The van der Waals surface area contributed by atoms with E-state index in [2.05, 4.69) is 0 Å². The molecule has 122 valence electrons. The van der Waals surface area contributed by atoms with Crippen molar-refractivity contribution in [3.05, 3.63) is 39.2 Å². The standard InChI is InChI=1S/C18H20O5/c1-3-11-8-14-12-6-4-5-7-13(12)18(21)23-16(14)9-15(11)22-10(2)17(19)20/h8-10H,3-7H2,1-2H3,(H,19,20)/p-1/t10-/m1/s1. The summed E-state index contributed by atoms with van der Waals surface area (Å²) >= 11 is 0. The Hall–Kier alpha value is -2.30. The Morgan fingerprint density at radius 2 is 2.00 bits per heavy atom. The number of hydrogen-bond donors (Lipinski definition) is 0. The van der Waals surface area contributed by atoms with Crippen molar-refractivity contribution in [2.75, 3.05) is 0 Å². The van der Waals surface area contributed by atoms with Crippen LogP contribution >= 0.6 is 0 Å². The van der Waals surface area contributed by atoms with E-state index in [0.29, 0.717) is 17.8 Å². The smallest absolute Gasteiger partial charge is 0.339 e. The highest BCUT2D eigenvalue weighted by Gasteiger charge is 2.20. The van der Waals surface area contributed by atoms with Crippen LogP contribution in [0.5, 0.6) is 5.75 Å². The van der Waals surface area contributed by atoms with Crippen LogP contribution < -0.4 is 15.5 Å². The molecular formula is C18H19O5-. The summed E-state index contributed by atoms with van der Waals surface area (Å²) in [6.07, 6.45) is 3.33. The number of fused-ring (bicyclic) bond motifs is 3. The molecule has 0 spiro atoms. The highest BCUT2D eigenvalue weighted by atomic mass is 16.5. The van der Waals surface area contributed by atoms with Gasteiger partial charge in [0.15, 0.2) is 0 Å². The molecule has 0 bridgehead atoms. The van der Waals surface area contributed by atoms with Gasteiger partial charge in [-0.05, 0) is 56.2 Å². The number of aryl methyl sites for hydroxylation is 2. The summed E-state index contributed by atoms with van der Waals surface area (Å²) in [5.41, 5.74) is 2.90. The molecule has 23 heavy (non-hydrogen) atoms. The van der Waals surface area contributed by atoms with Gasteiger partial charge in [-0.3, -0.25) is 0 Å². The third kappa shape index (κ3) is 2.83. The molecular weight excluding hydrogens is 296 g/mol. The number of hydrogen-bond acceptors (Lipinski definition) is 5. The highest BCUT2D eigenvalue weighted by Crippen LogP contribution is 2.32. The van der Waals surface area contributed by atoms with Gasteiger partial charge >= 0.3 is 5.63 Å². The first-order valence-electron chi connectivity index (χ1n) is 8.00. The van der Waals surface area contributed by atoms with Gasteiger partial charge in [-0.15, -0.1) is 0 Å². The van der Waals surface area contributed by atoms with Crippen molar-refractivity contribution in [3.63, 3.8) is 0 Å². The maximum absolute atomic E-state index is 12.2. The first-order chi connectivity index (χ1) is 11.0. The Balaban J connectivity index is 2.17. The van der Waals surface area contributed by atoms with Crippen LogP contribution in [-0.2, 0) is 24.1 Å². The molecule has 0 unspecified atom stereocenters. The number of carbonyl (C=O) groups is 1. The Morgan fingerprint density at radius 1 is 1.30 bits per heavy atom. The average molecular weight is 315 g/mol. The largest absolute Gasteiger partial charge is 0.546 e. The van der Waals surface area contributed by atoms with Crippen LogP contribution in [0.15, 0.2) is 21.3 Å². The van der Waals surface area contributed by atoms with Crippen molar-refractivity contribution in [1.29, 1.82) is 0 Å². The van der Waals surface area contributed by atoms with E-state index in [0.717, 1.165) is 47.8 Å². The zero-order valence-electron chi connectivity index (χ0n) is 13.3. The van der Waals surface area contributed by atoms with E-state index in [1.807, 2.05) is 13.0 Å². The van der Waals surface area contributed by atoms with Gasteiger partial charge in [0.05, 0.1) is 5.97 Å². The monoisotopic (exact) mass is 315 g/mol. The van der Waals surface area contributed by atoms with Gasteiger partial charge in [0.1, 0.15) is 17.4 Å². The van der Waals surface area contributed by atoms with E-state index in [1.165, 1.54) is 6.92 Å². The second-order valence-corrected chi connectivity index (χ2v) is 5.94. The molecule has 0 fully saturated rings. The summed E-state index contributed by atoms with van der Waals surface area (Å²) in [7, 11) is 0. The minimum atomic E-state index is -1.28. The van der Waals surface area contributed by atoms with Crippen molar-refractivity contribution >= 4 is 16.9 Å². The SMILES string of the molecule is CCc1cc2c3c(c(=O)oc2cc1O[C@H](C)C(=O)[O-])CCCC3. The lowest BCUT2D eigenvalue weighted by Gasteiger charge is -2.20. The highest BCUT2D eigenvalue weighted by molar-refractivity contribution is 5.84. The number of benzene rings is 1. The average Bonchev–Trinajstić information content (AvgIpc) is 2.54. The third-order valence-electron chi connectivity index (χ3n) is 4.42. The predicted molar refractivity (Wildman–Crippen MR) is 83.6 cm³/mol. The molecule has 1 aromatic heterocycles. The number of rotatable bonds is 4. The summed E-state index contributed by atoms with van der Waals surface area (Å²) in [5, 5.41) is 11.8. The van der Waals surface area contributed by atoms with Crippen molar-refractivity contribution in [2.45, 2.75) is 52.1 Å². The fraction of sp³-hybridized carbons (Fsp3) is 0.444. The Bertz CT molecular complexity index is 818. The first kappa shape index (κ1) is 15.6. The van der Waals surface area contributed by atoms with Crippen LogP contribution in [0, 0.1) is 0 Å². The summed E-state index contributed by atoms with van der Waals surface area (Å²) in [4.78, 5) is 23.1. The fourth-order valence-corrected chi connectivity index (χ4v) is 3.14. The van der Waals surface area contributed by atoms with Crippen molar-refractivity contribution in [1.82, 2.24) is 0 Å². The second-order valence-electron chi connectivity index (χ2n) is 5.94. The fourth-order valence-electron chi connectivity index (χ4n) is 3.14. The molecule has 0 saturated heterocycles. The number of aliphatic carboxylic acids is 1. The molecule has 5 heteroatoms. The van der Waals surface area contributed by atoms with Gasteiger partial charge < -0.3 is 19.1 Å². The van der Waals surface area contributed by atoms with Crippen molar-refractivity contribution < 1.29 is 19.1 Å². The molecule has 2 aromatic rings. The molecule has 0 N–H and O–H groups in total. The van der Waals surface area contributed by atoms with Gasteiger partial charge in [-0.25, -0.2) is 4.79 Å². The Labute approximate surface area is 133 Å². The number of ether oxygens (including phenoxy) is 1. The zero-order valence-corrected chi connectivity index (χ0v) is 13.3. The van der Waals surface area contributed by atoms with Gasteiger partial charge in [0.2, 0.25) is 0 Å². The number of carbonyl (C=O) groups excluding carboxylic acids is 1. The van der Waals surface area contributed by atoms with Crippen LogP contribution in [-0.4, -0.2) is 12.1 Å². The lowest BCUT2D eigenvalue weighted by molar-refractivity contribution is -0.312. The van der Waals surface area contributed by atoms with E-state index in [1.54, 1.807) is 6.07 Å². The molecule has 1 aliphatic carbocycles. The molecule has 1 heterocycles. The van der Waals surface area contributed by atoms with Crippen molar-refractivity contribution in [3.8, 4) is 5.75 Å². The van der Waals surface area contributed by atoms with E-state index >= 15 is 0 Å². The molecule has 1 atom stereocenters. The normalized spacial score (nSPS) is 15.2. The maximum Gasteiger partial charge on any atom is 0.339 e. The molecule has 5 nitrogen and oxygen atoms in total. The second kappa shape index (κ2) is 6.07. The Kier molecular flexibility index (Phi) is 4.11. The molecule has 1 aromatic carbocycles.